The normalized spacial score (nSPS) is 14.4. The first-order valence-electron chi connectivity index (χ1n) is 5.35. The van der Waals surface area contributed by atoms with Crippen molar-refractivity contribution in [3.05, 3.63) is 21.3 Å². The summed E-state index contributed by atoms with van der Waals surface area (Å²) < 4.78 is 0.619. The average Bonchev–Trinajstić information content (AvgIpc) is 2.73. The molecule has 1 aromatic heterocycles. The Hall–Kier alpha value is -0.890. The maximum Gasteiger partial charge on any atom is 0.189 e. The van der Waals surface area contributed by atoms with E-state index < -0.39 is 0 Å². The molecule has 0 radical (unpaired) electrons. The molecule has 92 valence electrons. The van der Waals surface area contributed by atoms with Gasteiger partial charge in [0.2, 0.25) is 0 Å². The molecule has 1 aromatic rings. The van der Waals surface area contributed by atoms with Crippen LogP contribution in [0.5, 0.6) is 0 Å². The zero-order valence-electron chi connectivity index (χ0n) is 10.1. The molecule has 0 saturated carbocycles. The summed E-state index contributed by atoms with van der Waals surface area (Å²) in [5.74, 6) is -0.0308. The molecule has 0 amide bonds. The Morgan fingerprint density at radius 2 is 2.24 bits per heavy atom. The van der Waals surface area contributed by atoms with E-state index >= 15 is 0 Å². The smallest absolute Gasteiger partial charge is 0.189 e. The highest BCUT2D eigenvalue weighted by atomic mass is 35.5. The van der Waals surface area contributed by atoms with Gasteiger partial charge in [-0.25, -0.2) is 0 Å². The second kappa shape index (κ2) is 6.15. The van der Waals surface area contributed by atoms with Crippen LogP contribution in [-0.2, 0) is 0 Å². The van der Waals surface area contributed by atoms with E-state index in [1.165, 1.54) is 11.3 Å². The van der Waals surface area contributed by atoms with Gasteiger partial charge in [0, 0.05) is 6.54 Å². The van der Waals surface area contributed by atoms with Crippen molar-refractivity contribution in [1.82, 2.24) is 4.90 Å². The Morgan fingerprint density at radius 3 is 2.71 bits per heavy atom. The quantitative estimate of drug-likeness (QED) is 0.773. The van der Waals surface area contributed by atoms with Gasteiger partial charge in [0.05, 0.1) is 27.2 Å². The van der Waals surface area contributed by atoms with Gasteiger partial charge in [0.1, 0.15) is 0 Å². The standard InChI is InChI=1S/C12H15ClN2OS/c1-8(6-14)7-15(3)9(2)12(16)10-4-5-11(13)17-10/h4-5,8-9H,7H2,1-3H3. The van der Waals surface area contributed by atoms with Crippen molar-refractivity contribution in [3.63, 3.8) is 0 Å². The van der Waals surface area contributed by atoms with Gasteiger partial charge in [-0.3, -0.25) is 9.69 Å². The minimum atomic E-state index is -0.236. The third-order valence-corrected chi connectivity index (χ3v) is 3.88. The van der Waals surface area contributed by atoms with Crippen LogP contribution in [0.25, 0.3) is 0 Å². The summed E-state index contributed by atoms with van der Waals surface area (Å²) in [7, 11) is 1.85. The first-order valence-corrected chi connectivity index (χ1v) is 6.54. The Labute approximate surface area is 111 Å². The van der Waals surface area contributed by atoms with Gasteiger partial charge in [-0.2, -0.15) is 5.26 Å². The molecule has 3 nitrogen and oxygen atoms in total. The van der Waals surface area contributed by atoms with Gasteiger partial charge < -0.3 is 0 Å². The number of carbonyl (C=O) groups excluding carboxylic acids is 1. The number of halogens is 1. The van der Waals surface area contributed by atoms with E-state index in [2.05, 4.69) is 6.07 Å². The zero-order chi connectivity index (χ0) is 13.0. The molecule has 2 atom stereocenters. The number of nitriles is 1. The molecule has 0 saturated heterocycles. The molecule has 0 fully saturated rings. The lowest BCUT2D eigenvalue weighted by atomic mass is 10.1. The van der Waals surface area contributed by atoms with Gasteiger partial charge in [0.25, 0.3) is 0 Å². The number of hydrogen-bond donors (Lipinski definition) is 0. The topological polar surface area (TPSA) is 44.1 Å². The molecule has 0 N–H and O–H groups in total. The molecule has 0 aliphatic heterocycles. The summed E-state index contributed by atoms with van der Waals surface area (Å²) in [5, 5.41) is 8.75. The molecule has 17 heavy (non-hydrogen) atoms. The van der Waals surface area contributed by atoms with Crippen LogP contribution in [0, 0.1) is 17.2 Å². The van der Waals surface area contributed by atoms with Crippen molar-refractivity contribution < 1.29 is 4.79 Å². The van der Waals surface area contributed by atoms with E-state index in [-0.39, 0.29) is 17.7 Å². The molecule has 5 heteroatoms. The molecule has 1 rings (SSSR count). The summed E-state index contributed by atoms with van der Waals surface area (Å²) in [4.78, 5) is 14.7. The first-order chi connectivity index (χ1) is 7.95. The minimum Gasteiger partial charge on any atom is -0.295 e. The molecular weight excluding hydrogens is 256 g/mol. The highest BCUT2D eigenvalue weighted by molar-refractivity contribution is 7.18. The summed E-state index contributed by atoms with van der Waals surface area (Å²) >= 11 is 7.10. The van der Waals surface area contributed by atoms with Crippen LogP contribution >= 0.6 is 22.9 Å². The Balaban J connectivity index is 2.67. The van der Waals surface area contributed by atoms with Crippen LogP contribution in [0.1, 0.15) is 23.5 Å². The molecule has 0 aliphatic rings. The highest BCUT2D eigenvalue weighted by Crippen LogP contribution is 2.23. The fourth-order valence-corrected chi connectivity index (χ4v) is 2.55. The van der Waals surface area contributed by atoms with Gasteiger partial charge in [0.15, 0.2) is 5.78 Å². The van der Waals surface area contributed by atoms with Crippen LogP contribution in [-0.4, -0.2) is 30.3 Å². The second-order valence-corrected chi connectivity index (χ2v) is 5.83. The van der Waals surface area contributed by atoms with Crippen molar-refractivity contribution in [1.29, 1.82) is 5.26 Å². The second-order valence-electron chi connectivity index (χ2n) is 4.11. The van der Waals surface area contributed by atoms with Gasteiger partial charge in [-0.05, 0) is 33.0 Å². The summed E-state index contributed by atoms with van der Waals surface area (Å²) in [5.41, 5.74) is 0. The Bertz CT molecular complexity index is 438. The van der Waals surface area contributed by atoms with Crippen molar-refractivity contribution in [2.45, 2.75) is 19.9 Å². The largest absolute Gasteiger partial charge is 0.295 e. The third kappa shape index (κ3) is 3.81. The van der Waals surface area contributed by atoms with Crippen LogP contribution in [0.2, 0.25) is 4.34 Å². The summed E-state index contributed by atoms with van der Waals surface area (Å²) in [6.07, 6.45) is 0. The van der Waals surface area contributed by atoms with Crippen molar-refractivity contribution in [3.8, 4) is 6.07 Å². The molecule has 0 spiro atoms. The predicted octanol–water partition coefficient (Wildman–Crippen LogP) is 3.06. The third-order valence-electron chi connectivity index (χ3n) is 2.64. The number of thiophene rings is 1. The number of hydrogen-bond acceptors (Lipinski definition) is 4. The number of nitrogens with zero attached hydrogens (tertiary/aromatic N) is 2. The number of Topliss-reactive ketones (excluding diaryl/α,β-unsaturated/α-hetero) is 1. The number of likely N-dealkylation sites (N-methyl/N-ethyl adjacent to an activating group) is 1. The van der Waals surface area contributed by atoms with E-state index in [4.69, 9.17) is 16.9 Å². The van der Waals surface area contributed by atoms with E-state index in [1.807, 2.05) is 25.8 Å². The minimum absolute atomic E-state index is 0.0505. The summed E-state index contributed by atoms with van der Waals surface area (Å²) in [6.45, 7) is 4.28. The van der Waals surface area contributed by atoms with Crippen LogP contribution in [0.15, 0.2) is 12.1 Å². The van der Waals surface area contributed by atoms with E-state index in [0.717, 1.165) is 0 Å². The van der Waals surface area contributed by atoms with Gasteiger partial charge >= 0.3 is 0 Å². The maximum absolute atomic E-state index is 12.1. The Kier molecular flexibility index (Phi) is 5.13. The number of rotatable bonds is 5. The van der Waals surface area contributed by atoms with Crippen molar-refractivity contribution in [2.24, 2.45) is 5.92 Å². The monoisotopic (exact) mass is 270 g/mol. The van der Waals surface area contributed by atoms with Crippen LogP contribution < -0.4 is 0 Å². The van der Waals surface area contributed by atoms with Crippen LogP contribution in [0.3, 0.4) is 0 Å². The average molecular weight is 271 g/mol. The molecule has 2 unspecified atom stereocenters. The summed E-state index contributed by atoms with van der Waals surface area (Å²) in [6, 6.07) is 5.40. The zero-order valence-corrected chi connectivity index (χ0v) is 11.7. The maximum atomic E-state index is 12.1. The molecule has 0 aliphatic carbocycles. The first kappa shape index (κ1) is 14.2. The van der Waals surface area contributed by atoms with E-state index in [9.17, 15) is 4.79 Å². The van der Waals surface area contributed by atoms with Crippen molar-refractivity contribution >= 4 is 28.7 Å². The predicted molar refractivity (Wildman–Crippen MR) is 70.5 cm³/mol. The molecule has 0 aromatic carbocycles. The molecule has 0 bridgehead atoms. The molecular formula is C12H15ClN2OS. The number of carbonyl (C=O) groups is 1. The van der Waals surface area contributed by atoms with Gasteiger partial charge in [-0.15, -0.1) is 11.3 Å². The lowest BCUT2D eigenvalue weighted by molar-refractivity contribution is 0.0866. The Morgan fingerprint density at radius 1 is 1.59 bits per heavy atom. The lowest BCUT2D eigenvalue weighted by Crippen LogP contribution is -2.38. The number of ketones is 1. The highest BCUT2D eigenvalue weighted by Gasteiger charge is 2.22. The SMILES string of the molecule is CC(C#N)CN(C)C(C)C(=O)c1ccc(Cl)s1. The molecule has 1 heterocycles. The van der Waals surface area contributed by atoms with Crippen molar-refractivity contribution in [2.75, 3.05) is 13.6 Å². The van der Waals surface area contributed by atoms with E-state index in [0.29, 0.717) is 15.8 Å². The fourth-order valence-electron chi connectivity index (χ4n) is 1.48. The fraction of sp³-hybridized carbons (Fsp3) is 0.500. The van der Waals surface area contributed by atoms with E-state index in [1.54, 1.807) is 12.1 Å². The lowest BCUT2D eigenvalue weighted by Gasteiger charge is -2.23. The van der Waals surface area contributed by atoms with Crippen LogP contribution in [0.4, 0.5) is 0 Å². The van der Waals surface area contributed by atoms with Gasteiger partial charge in [-0.1, -0.05) is 11.6 Å².